The van der Waals surface area contributed by atoms with E-state index in [2.05, 4.69) is 33.5 Å². The van der Waals surface area contributed by atoms with Crippen LogP contribution in [-0.4, -0.2) is 64.5 Å². The Balaban J connectivity index is 1.28. The second kappa shape index (κ2) is 11.6. The van der Waals surface area contributed by atoms with Gasteiger partial charge in [0.2, 0.25) is 5.91 Å². The fraction of sp³-hybridized carbons (Fsp3) is 0.387. The van der Waals surface area contributed by atoms with Gasteiger partial charge in [0.05, 0.1) is 18.0 Å². The van der Waals surface area contributed by atoms with Gasteiger partial charge in [-0.05, 0) is 48.4 Å². The molecule has 2 aliphatic rings. The first-order valence-electron chi connectivity index (χ1n) is 13.9. The molecule has 1 aliphatic heterocycles. The molecule has 1 saturated heterocycles. The predicted octanol–water partition coefficient (Wildman–Crippen LogP) is 3.60. The number of amides is 3. The lowest BCUT2D eigenvalue weighted by molar-refractivity contribution is -0.117. The molecule has 0 spiro atoms. The maximum atomic E-state index is 12.7. The zero-order chi connectivity index (χ0) is 29.1. The molecular weight excluding hydrogens is 518 g/mol. The zero-order valence-corrected chi connectivity index (χ0v) is 23.5. The second-order valence-electron chi connectivity index (χ2n) is 11.2. The van der Waals surface area contributed by atoms with Crippen molar-refractivity contribution in [3.8, 4) is 17.2 Å². The first-order chi connectivity index (χ1) is 19.7. The summed E-state index contributed by atoms with van der Waals surface area (Å²) in [7, 11) is 3.50. The van der Waals surface area contributed by atoms with Crippen LogP contribution in [0.5, 0.6) is 0 Å². The van der Waals surface area contributed by atoms with Crippen molar-refractivity contribution in [1.82, 2.24) is 19.6 Å². The number of carbonyl (C=O) groups is 3. The van der Waals surface area contributed by atoms with Gasteiger partial charge in [-0.1, -0.05) is 42.5 Å². The third kappa shape index (κ3) is 6.00. The highest BCUT2D eigenvalue weighted by Gasteiger charge is 2.39. The van der Waals surface area contributed by atoms with Crippen molar-refractivity contribution in [2.45, 2.75) is 44.2 Å². The number of carbonyl (C=O) groups excluding carboxylic acids is 3. The lowest BCUT2D eigenvalue weighted by Gasteiger charge is -2.40. The molecule has 41 heavy (non-hydrogen) atoms. The molecule has 3 aromatic rings. The molecule has 212 valence electrons. The van der Waals surface area contributed by atoms with Crippen LogP contribution in [0.4, 0.5) is 5.82 Å². The van der Waals surface area contributed by atoms with Crippen molar-refractivity contribution in [3.63, 3.8) is 0 Å². The van der Waals surface area contributed by atoms with Gasteiger partial charge in [0.25, 0.3) is 11.8 Å². The molecule has 1 aliphatic carbocycles. The van der Waals surface area contributed by atoms with E-state index in [4.69, 9.17) is 5.73 Å². The summed E-state index contributed by atoms with van der Waals surface area (Å²) >= 11 is 0. The fourth-order valence-electron chi connectivity index (χ4n) is 5.43. The van der Waals surface area contributed by atoms with E-state index in [9.17, 15) is 19.6 Å². The molecule has 5 rings (SSSR count). The van der Waals surface area contributed by atoms with Gasteiger partial charge in [-0.2, -0.15) is 10.4 Å². The largest absolute Gasteiger partial charge is 0.365 e. The highest BCUT2D eigenvalue weighted by Crippen LogP contribution is 2.36. The lowest BCUT2D eigenvalue weighted by atomic mass is 9.84. The van der Waals surface area contributed by atoms with Crippen molar-refractivity contribution in [3.05, 3.63) is 71.4 Å². The molecule has 10 heteroatoms. The van der Waals surface area contributed by atoms with Crippen LogP contribution in [0.2, 0.25) is 0 Å². The third-order valence-corrected chi connectivity index (χ3v) is 8.09. The van der Waals surface area contributed by atoms with Crippen molar-refractivity contribution in [2.24, 2.45) is 11.7 Å². The maximum absolute atomic E-state index is 12.7. The van der Waals surface area contributed by atoms with Gasteiger partial charge < -0.3 is 16.0 Å². The first-order valence-corrected chi connectivity index (χ1v) is 13.9. The van der Waals surface area contributed by atoms with Crippen LogP contribution in [0.3, 0.4) is 0 Å². The number of nitrogens with two attached hydrogens (primary N) is 1. The van der Waals surface area contributed by atoms with E-state index in [0.29, 0.717) is 18.4 Å². The van der Waals surface area contributed by atoms with Crippen molar-refractivity contribution in [1.29, 1.82) is 5.26 Å². The van der Waals surface area contributed by atoms with E-state index >= 15 is 0 Å². The van der Waals surface area contributed by atoms with Gasteiger partial charge in [0.15, 0.2) is 5.82 Å². The standard InChI is InChI=1S/C31H35N7O3/c1-36(2)30(41)25-6-4-3-5-24(25)22-9-7-21(8-10-22)19-37-17-14-31(13-16-32,15-18-37)38-20-26(27(33)39)28(35-38)34-29(40)23-11-12-23/h3-10,20,23H,11-15,17-19H2,1-2H3,(H2,33,39)(H,34,35,40). The number of anilines is 1. The summed E-state index contributed by atoms with van der Waals surface area (Å²) in [6.45, 7) is 2.22. The summed E-state index contributed by atoms with van der Waals surface area (Å²) in [5, 5.41) is 17.0. The normalized spacial score (nSPS) is 16.5. The van der Waals surface area contributed by atoms with Gasteiger partial charge in [-0.25, -0.2) is 0 Å². The number of hydrogen-bond donors (Lipinski definition) is 2. The molecule has 2 heterocycles. The van der Waals surface area contributed by atoms with Crippen molar-refractivity contribution >= 4 is 23.5 Å². The maximum Gasteiger partial charge on any atom is 0.254 e. The van der Waals surface area contributed by atoms with Crippen LogP contribution < -0.4 is 11.1 Å². The number of rotatable bonds is 9. The van der Waals surface area contributed by atoms with Crippen LogP contribution in [0.15, 0.2) is 54.7 Å². The number of benzene rings is 2. The number of nitrogens with zero attached hydrogens (tertiary/aromatic N) is 5. The molecule has 0 radical (unpaired) electrons. The van der Waals surface area contributed by atoms with Crippen LogP contribution in [0, 0.1) is 17.2 Å². The monoisotopic (exact) mass is 553 g/mol. The molecule has 2 aromatic carbocycles. The van der Waals surface area contributed by atoms with E-state index in [1.807, 2.05) is 36.4 Å². The first kappa shape index (κ1) is 28.1. The number of piperidine rings is 1. The topological polar surface area (TPSA) is 137 Å². The summed E-state index contributed by atoms with van der Waals surface area (Å²) in [6.07, 6.45) is 4.80. The molecule has 1 aromatic heterocycles. The average molecular weight is 554 g/mol. The Labute approximate surface area is 239 Å². The van der Waals surface area contributed by atoms with Gasteiger partial charge in [0, 0.05) is 51.4 Å². The van der Waals surface area contributed by atoms with E-state index in [1.54, 1.807) is 29.9 Å². The Morgan fingerprint density at radius 3 is 2.37 bits per heavy atom. The van der Waals surface area contributed by atoms with Crippen LogP contribution in [0.1, 0.15) is 58.4 Å². The second-order valence-corrected chi connectivity index (χ2v) is 11.2. The SMILES string of the molecule is CN(C)C(=O)c1ccccc1-c1ccc(CN2CCC(CC#N)(n3cc(C(N)=O)c(NC(=O)C4CC4)n3)CC2)cc1. The van der Waals surface area contributed by atoms with E-state index in [0.717, 1.165) is 49.2 Å². The molecule has 10 nitrogen and oxygen atoms in total. The molecule has 0 atom stereocenters. The summed E-state index contributed by atoms with van der Waals surface area (Å²) in [6, 6.07) is 18.2. The number of likely N-dealkylation sites (tertiary alicyclic amines) is 1. The average Bonchev–Trinajstić information content (AvgIpc) is 3.74. The Bertz CT molecular complexity index is 1490. The summed E-state index contributed by atoms with van der Waals surface area (Å²) in [5.74, 6) is -0.717. The van der Waals surface area contributed by atoms with Gasteiger partial charge >= 0.3 is 0 Å². The highest BCUT2D eigenvalue weighted by molar-refractivity contribution is 6.03. The molecule has 0 unspecified atom stereocenters. The Morgan fingerprint density at radius 2 is 1.76 bits per heavy atom. The summed E-state index contributed by atoms with van der Waals surface area (Å²) in [5.41, 5.74) is 8.87. The minimum atomic E-state index is -0.663. The quantitative estimate of drug-likeness (QED) is 0.415. The fourth-order valence-corrected chi connectivity index (χ4v) is 5.43. The smallest absolute Gasteiger partial charge is 0.254 e. The third-order valence-electron chi connectivity index (χ3n) is 8.09. The van der Waals surface area contributed by atoms with Crippen LogP contribution in [-0.2, 0) is 16.9 Å². The van der Waals surface area contributed by atoms with E-state index in [-0.39, 0.29) is 35.5 Å². The van der Waals surface area contributed by atoms with Crippen LogP contribution in [0.25, 0.3) is 11.1 Å². The Hall–Kier alpha value is -4.49. The summed E-state index contributed by atoms with van der Waals surface area (Å²) in [4.78, 5) is 41.0. The Morgan fingerprint density at radius 1 is 1.07 bits per heavy atom. The predicted molar refractivity (Wildman–Crippen MR) is 155 cm³/mol. The molecule has 3 N–H and O–H groups in total. The number of nitrogens with one attached hydrogen (secondary N) is 1. The van der Waals surface area contributed by atoms with Gasteiger partial charge in [0.1, 0.15) is 5.56 Å². The highest BCUT2D eigenvalue weighted by atomic mass is 16.2. The minimum absolute atomic E-state index is 0.0311. The molecule has 3 amide bonds. The Kier molecular flexibility index (Phi) is 7.90. The molecule has 0 bridgehead atoms. The van der Waals surface area contributed by atoms with Gasteiger partial charge in [-0.15, -0.1) is 0 Å². The van der Waals surface area contributed by atoms with Crippen LogP contribution >= 0.6 is 0 Å². The summed E-state index contributed by atoms with van der Waals surface area (Å²) < 4.78 is 1.68. The van der Waals surface area contributed by atoms with Crippen molar-refractivity contribution < 1.29 is 14.4 Å². The molecule has 2 fully saturated rings. The zero-order valence-electron chi connectivity index (χ0n) is 23.5. The minimum Gasteiger partial charge on any atom is -0.365 e. The number of nitriles is 1. The van der Waals surface area contributed by atoms with Gasteiger partial charge in [-0.3, -0.25) is 24.0 Å². The molecular formula is C31H35N7O3. The van der Waals surface area contributed by atoms with Crippen molar-refractivity contribution in [2.75, 3.05) is 32.5 Å². The number of hydrogen-bond acceptors (Lipinski definition) is 6. The van der Waals surface area contributed by atoms with E-state index < -0.39 is 11.4 Å². The number of aromatic nitrogens is 2. The molecule has 1 saturated carbocycles. The lowest BCUT2D eigenvalue weighted by Crippen LogP contribution is -2.46. The van der Waals surface area contributed by atoms with E-state index in [1.165, 1.54) is 0 Å². The number of primary amides is 1.